The average Bonchev–Trinajstić information content (AvgIpc) is 3.15. The molecule has 9 heteroatoms. The predicted molar refractivity (Wildman–Crippen MR) is 261 cm³/mol. The summed E-state index contributed by atoms with van der Waals surface area (Å²) in [6.45, 7) is 39.4. The smallest absolute Gasteiger partial charge is 0.206 e. The van der Waals surface area contributed by atoms with Crippen molar-refractivity contribution in [2.45, 2.75) is 199 Å². The van der Waals surface area contributed by atoms with Crippen molar-refractivity contribution in [1.82, 2.24) is 0 Å². The molecule has 0 radical (unpaired) electrons. The van der Waals surface area contributed by atoms with Crippen molar-refractivity contribution in [2.75, 3.05) is 13.2 Å². The Morgan fingerprint density at radius 2 is 0.828 bits per heavy atom. The van der Waals surface area contributed by atoms with Crippen LogP contribution in [0.5, 0.6) is 17.2 Å². The zero-order valence-corrected chi connectivity index (χ0v) is 43.3. The molecule has 0 saturated heterocycles. The lowest BCUT2D eigenvalue weighted by molar-refractivity contribution is -0.0740. The van der Waals surface area contributed by atoms with E-state index in [4.69, 9.17) is 28.4 Å². The second-order valence-electron chi connectivity index (χ2n) is 22.9. The third-order valence-corrected chi connectivity index (χ3v) is 12.9. The Bertz CT molecular complexity index is 2240. The molecule has 0 aromatic heterocycles. The van der Waals surface area contributed by atoms with Crippen LogP contribution in [0, 0.1) is 0 Å². The van der Waals surface area contributed by atoms with E-state index < -0.39 is 32.1 Å². The molecule has 4 aromatic carbocycles. The monoisotopic (exact) mass is 901 g/mol. The molecule has 0 aliphatic carbocycles. The van der Waals surface area contributed by atoms with Crippen LogP contribution in [-0.4, -0.2) is 49.6 Å². The first-order valence-electron chi connectivity index (χ1n) is 22.8. The summed E-state index contributed by atoms with van der Waals surface area (Å²) in [6, 6.07) is 26.4. The first kappa shape index (κ1) is 52.9. The Morgan fingerprint density at radius 1 is 0.438 bits per heavy atom. The van der Waals surface area contributed by atoms with Gasteiger partial charge in [-0.2, -0.15) is 0 Å². The Morgan fingerprint density at radius 3 is 1.23 bits per heavy atom. The topological polar surface area (TPSA) is 89.5 Å². The maximum Gasteiger partial charge on any atom is 0.206 e. The Labute approximate surface area is 387 Å². The molecule has 0 aliphatic rings. The van der Waals surface area contributed by atoms with Gasteiger partial charge >= 0.3 is 0 Å². The summed E-state index contributed by atoms with van der Waals surface area (Å²) in [4.78, 5) is 0.453. The molecule has 4 rings (SSSR count). The third-order valence-electron chi connectivity index (χ3n) is 11.1. The second kappa shape index (κ2) is 20.0. The molecule has 0 heterocycles. The molecular formula is C55H80O8S. The van der Waals surface area contributed by atoms with Gasteiger partial charge in [0.05, 0.1) is 45.4 Å². The minimum Gasteiger partial charge on any atom is -0.488 e. The van der Waals surface area contributed by atoms with Gasteiger partial charge in [-0.25, -0.2) is 8.42 Å². The normalized spacial score (nSPS) is 13.6. The van der Waals surface area contributed by atoms with Gasteiger partial charge in [0.15, 0.2) is 0 Å². The lowest BCUT2D eigenvalue weighted by Crippen LogP contribution is -2.30. The minimum atomic E-state index is -3.73. The predicted octanol–water partition coefficient (Wildman–Crippen LogP) is 14.1. The van der Waals surface area contributed by atoms with Crippen molar-refractivity contribution >= 4 is 9.84 Å². The number of rotatable bonds is 19. The van der Waals surface area contributed by atoms with E-state index in [9.17, 15) is 8.42 Å². The van der Waals surface area contributed by atoms with Gasteiger partial charge in [0.25, 0.3) is 0 Å². The summed E-state index contributed by atoms with van der Waals surface area (Å²) in [6.07, 6.45) is 1.45. The number of sulfone groups is 1. The zero-order chi connectivity index (χ0) is 48.2. The van der Waals surface area contributed by atoms with E-state index in [0.29, 0.717) is 37.7 Å². The van der Waals surface area contributed by atoms with Crippen LogP contribution in [0.1, 0.15) is 165 Å². The fourth-order valence-corrected chi connectivity index (χ4v) is 8.10. The van der Waals surface area contributed by atoms with E-state index in [1.807, 2.05) is 18.2 Å². The van der Waals surface area contributed by atoms with Crippen molar-refractivity contribution < 1.29 is 36.8 Å². The molecule has 8 nitrogen and oxygen atoms in total. The van der Waals surface area contributed by atoms with Crippen molar-refractivity contribution in [3.63, 3.8) is 0 Å². The molecule has 0 unspecified atom stereocenters. The number of ether oxygens (including phenoxy) is 6. The summed E-state index contributed by atoms with van der Waals surface area (Å²) < 4.78 is 65.6. The highest BCUT2D eigenvalue weighted by molar-refractivity contribution is 7.91. The number of hydrogen-bond donors (Lipinski definition) is 0. The SMILES string of the molecule is CC(C)(C)OCCC(C)(C)OCc1cc(C(C)(C)c2ccc(OC(C)(C)C)c(COC(C)(C)CCOC(C)(C)C)c2)ccc1Oc1ccc(S(=O)(=O)c2ccc(C(C)(C)C)cc2)cc1. The highest BCUT2D eigenvalue weighted by atomic mass is 32.2. The minimum absolute atomic E-state index is 0.0822. The van der Waals surface area contributed by atoms with Crippen molar-refractivity contribution in [3.8, 4) is 17.2 Å². The first-order chi connectivity index (χ1) is 29.2. The summed E-state index contributed by atoms with van der Waals surface area (Å²) in [7, 11) is -3.73. The zero-order valence-electron chi connectivity index (χ0n) is 42.5. The van der Waals surface area contributed by atoms with Crippen LogP contribution in [0.25, 0.3) is 0 Å². The van der Waals surface area contributed by atoms with Crippen LogP contribution in [0.4, 0.5) is 0 Å². The quantitative estimate of drug-likeness (QED) is 0.0919. The molecular weight excluding hydrogens is 821 g/mol. The molecule has 64 heavy (non-hydrogen) atoms. The van der Waals surface area contributed by atoms with Gasteiger partial charge in [-0.3, -0.25) is 0 Å². The van der Waals surface area contributed by atoms with Crippen LogP contribution < -0.4 is 9.47 Å². The molecule has 0 bridgehead atoms. The Hall–Kier alpha value is -3.73. The van der Waals surface area contributed by atoms with Crippen molar-refractivity contribution in [2.24, 2.45) is 0 Å². The number of benzene rings is 4. The standard InChI is InChI=1S/C55H80O8S/c1-49(2,3)41-19-25-45(26-20-41)64(56,57)46-27-23-44(24-28-46)62-47-29-21-42(35-39(47)37-60-53(13,14)31-33-58-50(4,5)6)55(17,18)43-22-30-48(63-52(10,11)12)40(36-43)38-61-54(15,16)32-34-59-51(7,8)9/h19-30,35-36H,31-34,37-38H2,1-18H3. The van der Waals surface area contributed by atoms with Crippen molar-refractivity contribution in [3.05, 3.63) is 113 Å². The Kier molecular flexibility index (Phi) is 16.5. The maximum absolute atomic E-state index is 13.6. The van der Waals surface area contributed by atoms with Crippen LogP contribution in [0.2, 0.25) is 0 Å². The van der Waals surface area contributed by atoms with Crippen molar-refractivity contribution in [1.29, 1.82) is 0 Å². The lowest BCUT2D eigenvalue weighted by atomic mass is 9.77. The highest BCUT2D eigenvalue weighted by Gasteiger charge is 2.29. The molecule has 0 saturated carbocycles. The maximum atomic E-state index is 13.6. The summed E-state index contributed by atoms with van der Waals surface area (Å²) in [5.74, 6) is 1.93. The van der Waals surface area contributed by atoms with Crippen LogP contribution in [0.3, 0.4) is 0 Å². The fraction of sp³-hybridized carbons (Fsp3) is 0.564. The van der Waals surface area contributed by atoms with Gasteiger partial charge < -0.3 is 28.4 Å². The fourth-order valence-electron chi connectivity index (χ4n) is 6.84. The molecule has 0 amide bonds. The highest BCUT2D eigenvalue weighted by Crippen LogP contribution is 2.39. The van der Waals surface area contributed by atoms with Crippen LogP contribution in [0.15, 0.2) is 94.7 Å². The Balaban J connectivity index is 1.68. The summed E-state index contributed by atoms with van der Waals surface area (Å²) >= 11 is 0. The molecule has 354 valence electrons. The third kappa shape index (κ3) is 16.0. The van der Waals surface area contributed by atoms with Crippen LogP contribution >= 0.6 is 0 Å². The summed E-state index contributed by atoms with van der Waals surface area (Å²) in [5.41, 5.74) is 2.79. The molecule has 0 atom stereocenters. The van der Waals surface area contributed by atoms with E-state index >= 15 is 0 Å². The molecule has 0 spiro atoms. The van der Waals surface area contributed by atoms with E-state index in [-0.39, 0.29) is 33.0 Å². The van der Waals surface area contributed by atoms with Gasteiger partial charge in [0, 0.05) is 29.8 Å². The largest absolute Gasteiger partial charge is 0.488 e. The van der Waals surface area contributed by atoms with Gasteiger partial charge in [-0.1, -0.05) is 58.9 Å². The summed E-state index contributed by atoms with van der Waals surface area (Å²) in [5, 5.41) is 0. The van der Waals surface area contributed by atoms with Gasteiger partial charge in [-0.15, -0.1) is 0 Å². The average molecular weight is 901 g/mol. The van der Waals surface area contributed by atoms with Gasteiger partial charge in [0.1, 0.15) is 22.8 Å². The van der Waals surface area contributed by atoms with Gasteiger partial charge in [0.2, 0.25) is 9.84 Å². The lowest BCUT2D eigenvalue weighted by Gasteiger charge is -2.31. The van der Waals surface area contributed by atoms with Crippen LogP contribution in [-0.2, 0) is 52.8 Å². The van der Waals surface area contributed by atoms with E-state index in [0.717, 1.165) is 40.0 Å². The molecule has 0 aliphatic heterocycles. The molecule has 4 aromatic rings. The molecule has 0 fully saturated rings. The first-order valence-corrected chi connectivity index (χ1v) is 24.3. The van der Waals surface area contributed by atoms with E-state index in [1.165, 1.54) is 0 Å². The van der Waals surface area contributed by atoms with Gasteiger partial charge in [-0.05, 0) is 186 Å². The number of hydrogen-bond acceptors (Lipinski definition) is 8. The molecule has 0 N–H and O–H groups in total. The van der Waals surface area contributed by atoms with E-state index in [2.05, 4.69) is 155 Å². The second-order valence-corrected chi connectivity index (χ2v) is 24.8. The van der Waals surface area contributed by atoms with E-state index in [1.54, 1.807) is 36.4 Å².